The molecular weight excluding hydrogens is 358 g/mol. The molecule has 1 aliphatic heterocycles. The van der Waals surface area contributed by atoms with Crippen LogP contribution in [-0.2, 0) is 4.79 Å². The van der Waals surface area contributed by atoms with Crippen LogP contribution in [0.15, 0.2) is 30.5 Å². The number of rotatable bonds is 4. The summed E-state index contributed by atoms with van der Waals surface area (Å²) in [6.07, 6.45) is 3.93. The molecule has 6 nitrogen and oxygen atoms in total. The topological polar surface area (TPSA) is 62.5 Å². The van der Waals surface area contributed by atoms with Crippen molar-refractivity contribution in [2.75, 3.05) is 18.0 Å². The molecule has 1 atom stereocenters. The highest BCUT2D eigenvalue weighted by Gasteiger charge is 2.28. The molecule has 0 radical (unpaired) electrons. The summed E-state index contributed by atoms with van der Waals surface area (Å²) in [6, 6.07) is 8.54. The third-order valence-corrected chi connectivity index (χ3v) is 5.86. The van der Waals surface area contributed by atoms with Crippen molar-refractivity contribution in [3.63, 3.8) is 0 Å². The number of nitrogens with zero attached hydrogens (tertiary/aromatic N) is 4. The molecule has 0 aliphatic carbocycles. The molecule has 0 bridgehead atoms. The lowest BCUT2D eigenvalue weighted by atomic mass is 9.97. The molecule has 27 heavy (non-hydrogen) atoms. The molecule has 3 heterocycles. The molecule has 4 rings (SSSR count). The predicted molar refractivity (Wildman–Crippen MR) is 109 cm³/mol. The lowest BCUT2D eigenvalue weighted by Gasteiger charge is -2.31. The first kappa shape index (κ1) is 18.0. The fourth-order valence-electron chi connectivity index (χ4n) is 3.45. The van der Waals surface area contributed by atoms with Gasteiger partial charge in [0.1, 0.15) is 0 Å². The Morgan fingerprint density at radius 2 is 2.07 bits per heavy atom. The number of aromatic nitrogens is 3. The van der Waals surface area contributed by atoms with E-state index in [1.165, 1.54) is 5.56 Å². The Kier molecular flexibility index (Phi) is 4.86. The summed E-state index contributed by atoms with van der Waals surface area (Å²) < 4.78 is 1.85. The van der Waals surface area contributed by atoms with Crippen molar-refractivity contribution in [2.45, 2.75) is 39.7 Å². The Balaban J connectivity index is 1.51. The Bertz CT molecular complexity index is 912. The quantitative estimate of drug-likeness (QED) is 0.749. The minimum absolute atomic E-state index is 0.0282. The maximum Gasteiger partial charge on any atom is 0.225 e. The highest BCUT2D eigenvalue weighted by atomic mass is 32.1. The number of hydrogen-bond donors (Lipinski definition) is 1. The molecule has 1 aromatic carbocycles. The SMILES string of the molecule is Cc1ccc(-c2cn3nc(N4CCC[C@H](C(=O)NC(C)C)C4)sc3n2)cc1. The highest BCUT2D eigenvalue weighted by molar-refractivity contribution is 7.20. The van der Waals surface area contributed by atoms with Gasteiger partial charge in [-0.15, -0.1) is 5.10 Å². The van der Waals surface area contributed by atoms with Crippen LogP contribution in [0.25, 0.3) is 16.2 Å². The van der Waals surface area contributed by atoms with Crippen LogP contribution in [-0.4, -0.2) is 39.6 Å². The first-order valence-corrected chi connectivity index (χ1v) is 10.3. The number of anilines is 1. The summed E-state index contributed by atoms with van der Waals surface area (Å²) >= 11 is 1.59. The number of fused-ring (bicyclic) bond motifs is 1. The summed E-state index contributed by atoms with van der Waals surface area (Å²) in [6.45, 7) is 7.74. The summed E-state index contributed by atoms with van der Waals surface area (Å²) in [5.74, 6) is 0.179. The lowest BCUT2D eigenvalue weighted by Crippen LogP contribution is -2.44. The van der Waals surface area contributed by atoms with E-state index in [0.717, 1.165) is 47.3 Å². The van der Waals surface area contributed by atoms with Crippen LogP contribution in [0.4, 0.5) is 5.13 Å². The lowest BCUT2D eigenvalue weighted by molar-refractivity contribution is -0.125. The van der Waals surface area contributed by atoms with E-state index in [9.17, 15) is 4.79 Å². The van der Waals surface area contributed by atoms with Crippen LogP contribution >= 0.6 is 11.3 Å². The smallest absolute Gasteiger partial charge is 0.225 e. The Morgan fingerprint density at radius 3 is 2.78 bits per heavy atom. The van der Waals surface area contributed by atoms with Crippen LogP contribution in [0.5, 0.6) is 0 Å². The van der Waals surface area contributed by atoms with E-state index in [2.05, 4.69) is 41.4 Å². The molecule has 7 heteroatoms. The number of piperidine rings is 1. The third-order valence-electron chi connectivity index (χ3n) is 4.87. The van der Waals surface area contributed by atoms with E-state index in [0.29, 0.717) is 0 Å². The molecule has 3 aromatic rings. The van der Waals surface area contributed by atoms with E-state index in [-0.39, 0.29) is 17.9 Å². The summed E-state index contributed by atoms with van der Waals surface area (Å²) in [5.41, 5.74) is 3.28. The standard InChI is InChI=1S/C20H25N5OS/c1-13(2)21-18(26)16-5-4-10-24(11-16)20-23-25-12-17(22-19(25)27-20)15-8-6-14(3)7-9-15/h6-9,12-13,16H,4-5,10-11H2,1-3H3,(H,21,26)/t16-/m0/s1. The summed E-state index contributed by atoms with van der Waals surface area (Å²) in [7, 11) is 0. The van der Waals surface area contributed by atoms with Gasteiger partial charge in [0, 0.05) is 24.7 Å². The van der Waals surface area contributed by atoms with Crippen molar-refractivity contribution in [2.24, 2.45) is 5.92 Å². The molecule has 1 saturated heterocycles. The molecule has 1 aliphatic rings. The Labute approximate surface area is 163 Å². The average molecular weight is 384 g/mol. The van der Waals surface area contributed by atoms with Crippen LogP contribution in [0.1, 0.15) is 32.3 Å². The molecule has 0 unspecified atom stereocenters. The van der Waals surface area contributed by atoms with Crippen LogP contribution in [0, 0.1) is 12.8 Å². The second kappa shape index (κ2) is 7.31. The van der Waals surface area contributed by atoms with Gasteiger partial charge < -0.3 is 10.2 Å². The molecular formula is C20H25N5OS. The largest absolute Gasteiger partial charge is 0.354 e. The van der Waals surface area contributed by atoms with Gasteiger partial charge in [-0.1, -0.05) is 41.2 Å². The second-order valence-electron chi connectivity index (χ2n) is 7.55. The summed E-state index contributed by atoms with van der Waals surface area (Å²) in [5, 5.41) is 8.70. The number of amides is 1. The molecule has 142 valence electrons. The zero-order valence-electron chi connectivity index (χ0n) is 16.0. The number of benzene rings is 1. The van der Waals surface area contributed by atoms with E-state index in [4.69, 9.17) is 10.1 Å². The van der Waals surface area contributed by atoms with Crippen molar-refractivity contribution in [3.8, 4) is 11.3 Å². The maximum absolute atomic E-state index is 12.4. The minimum atomic E-state index is 0.0282. The predicted octanol–water partition coefficient (Wildman–Crippen LogP) is 3.51. The average Bonchev–Trinajstić information content (AvgIpc) is 3.21. The number of aryl methyl sites for hydroxylation is 1. The van der Waals surface area contributed by atoms with E-state index in [1.807, 2.05) is 24.6 Å². The Hall–Kier alpha value is -2.41. The van der Waals surface area contributed by atoms with Gasteiger partial charge in [-0.05, 0) is 33.6 Å². The van der Waals surface area contributed by atoms with Crippen LogP contribution in [0.3, 0.4) is 0 Å². The van der Waals surface area contributed by atoms with Crippen molar-refractivity contribution in [1.82, 2.24) is 19.9 Å². The van der Waals surface area contributed by atoms with Crippen molar-refractivity contribution in [1.29, 1.82) is 0 Å². The van der Waals surface area contributed by atoms with E-state index < -0.39 is 0 Å². The fourth-order valence-corrected chi connectivity index (χ4v) is 4.37. The zero-order chi connectivity index (χ0) is 19.0. The zero-order valence-corrected chi connectivity index (χ0v) is 16.8. The molecule has 1 amide bonds. The van der Waals surface area contributed by atoms with Gasteiger partial charge in [-0.2, -0.15) is 0 Å². The maximum atomic E-state index is 12.4. The van der Waals surface area contributed by atoms with Gasteiger partial charge in [0.25, 0.3) is 0 Å². The number of hydrogen-bond acceptors (Lipinski definition) is 5. The van der Waals surface area contributed by atoms with E-state index >= 15 is 0 Å². The monoisotopic (exact) mass is 383 g/mol. The molecule has 0 saturated carbocycles. The van der Waals surface area contributed by atoms with Gasteiger partial charge >= 0.3 is 0 Å². The van der Waals surface area contributed by atoms with Gasteiger partial charge in [-0.25, -0.2) is 9.50 Å². The van der Waals surface area contributed by atoms with E-state index in [1.54, 1.807) is 11.3 Å². The number of nitrogens with one attached hydrogen (secondary N) is 1. The third kappa shape index (κ3) is 3.83. The van der Waals surface area contributed by atoms with Crippen LogP contribution < -0.4 is 10.2 Å². The van der Waals surface area contributed by atoms with Gasteiger partial charge in [0.05, 0.1) is 17.8 Å². The molecule has 1 N–H and O–H groups in total. The second-order valence-corrected chi connectivity index (χ2v) is 8.49. The normalized spacial score (nSPS) is 17.6. The van der Waals surface area contributed by atoms with Crippen LogP contribution in [0.2, 0.25) is 0 Å². The number of carbonyl (C=O) groups excluding carboxylic acids is 1. The van der Waals surface area contributed by atoms with Gasteiger partial charge in [0.2, 0.25) is 16.0 Å². The number of imidazole rings is 1. The first-order valence-electron chi connectivity index (χ1n) is 9.48. The van der Waals surface area contributed by atoms with Gasteiger partial charge in [0.15, 0.2) is 0 Å². The molecule has 1 fully saturated rings. The molecule has 2 aromatic heterocycles. The highest BCUT2D eigenvalue weighted by Crippen LogP contribution is 2.29. The number of carbonyl (C=O) groups is 1. The first-order chi connectivity index (χ1) is 13.0. The van der Waals surface area contributed by atoms with Crippen molar-refractivity contribution < 1.29 is 4.79 Å². The summed E-state index contributed by atoms with van der Waals surface area (Å²) in [4.78, 5) is 20.2. The fraction of sp³-hybridized carbons (Fsp3) is 0.450. The minimum Gasteiger partial charge on any atom is -0.354 e. The molecule has 0 spiro atoms. The van der Waals surface area contributed by atoms with Gasteiger partial charge in [-0.3, -0.25) is 4.79 Å². The van der Waals surface area contributed by atoms with Crippen molar-refractivity contribution >= 4 is 27.3 Å². The van der Waals surface area contributed by atoms with Crippen molar-refractivity contribution in [3.05, 3.63) is 36.0 Å². The Morgan fingerprint density at radius 1 is 1.30 bits per heavy atom.